The van der Waals surface area contributed by atoms with E-state index in [1.807, 2.05) is 26.0 Å². The highest BCUT2D eigenvalue weighted by Gasteiger charge is 2.18. The fourth-order valence-corrected chi connectivity index (χ4v) is 2.20. The second-order valence-electron chi connectivity index (χ2n) is 6.12. The lowest BCUT2D eigenvalue weighted by atomic mass is 9.87. The van der Waals surface area contributed by atoms with E-state index in [4.69, 9.17) is 5.73 Å². The molecule has 0 bridgehead atoms. The summed E-state index contributed by atoms with van der Waals surface area (Å²) in [6.07, 6.45) is 2.02. The number of carbonyl (C=O) groups excluding carboxylic acids is 1. The molecule has 0 saturated heterocycles. The zero-order valence-corrected chi connectivity index (χ0v) is 12.5. The molecule has 3 N–H and O–H groups in total. The maximum Gasteiger partial charge on any atom is 0.251 e. The fraction of sp³-hybridized carbons (Fsp3) is 0.562. The minimum absolute atomic E-state index is 0.00706. The van der Waals surface area contributed by atoms with Crippen LogP contribution in [0.2, 0.25) is 0 Å². The van der Waals surface area contributed by atoms with Gasteiger partial charge in [0.05, 0.1) is 0 Å². The number of hydrogen-bond acceptors (Lipinski definition) is 2. The van der Waals surface area contributed by atoms with Gasteiger partial charge in [-0.15, -0.1) is 0 Å². The Morgan fingerprint density at radius 1 is 1.21 bits per heavy atom. The van der Waals surface area contributed by atoms with Crippen molar-refractivity contribution >= 4 is 5.91 Å². The number of aryl methyl sites for hydroxylation is 2. The minimum Gasteiger partial charge on any atom is -0.352 e. The lowest BCUT2D eigenvalue weighted by Crippen LogP contribution is -2.34. The molecule has 1 aromatic rings. The third kappa shape index (κ3) is 5.43. The Morgan fingerprint density at radius 2 is 1.79 bits per heavy atom. The average Bonchev–Trinajstić information content (AvgIpc) is 2.32. The van der Waals surface area contributed by atoms with Crippen LogP contribution in [0.4, 0.5) is 0 Å². The molecular weight excluding hydrogens is 236 g/mol. The molecule has 0 atom stereocenters. The van der Waals surface area contributed by atoms with Gasteiger partial charge in [-0.05, 0) is 50.8 Å². The number of nitrogens with two attached hydrogens (primary N) is 1. The maximum absolute atomic E-state index is 12.1. The van der Waals surface area contributed by atoms with Gasteiger partial charge in [-0.3, -0.25) is 4.79 Å². The summed E-state index contributed by atoms with van der Waals surface area (Å²) in [4.78, 5) is 12.1. The van der Waals surface area contributed by atoms with Crippen LogP contribution in [-0.2, 0) is 0 Å². The largest absolute Gasteiger partial charge is 0.352 e. The summed E-state index contributed by atoms with van der Waals surface area (Å²) in [5.74, 6) is 0.00706. The van der Waals surface area contributed by atoms with Gasteiger partial charge in [-0.1, -0.05) is 31.0 Å². The number of hydrogen-bond donors (Lipinski definition) is 2. The first-order valence-electron chi connectivity index (χ1n) is 6.91. The first-order valence-corrected chi connectivity index (χ1v) is 6.91. The minimum atomic E-state index is 0.00706. The molecule has 0 fully saturated rings. The van der Waals surface area contributed by atoms with E-state index < -0.39 is 0 Å². The van der Waals surface area contributed by atoms with E-state index in [1.54, 1.807) is 0 Å². The van der Waals surface area contributed by atoms with Crippen LogP contribution in [0.15, 0.2) is 18.2 Å². The van der Waals surface area contributed by atoms with Gasteiger partial charge in [-0.25, -0.2) is 0 Å². The Morgan fingerprint density at radius 3 is 2.32 bits per heavy atom. The van der Waals surface area contributed by atoms with E-state index in [9.17, 15) is 4.79 Å². The first-order chi connectivity index (χ1) is 8.84. The molecule has 0 unspecified atom stereocenters. The van der Waals surface area contributed by atoms with Crippen molar-refractivity contribution in [1.29, 1.82) is 0 Å². The Labute approximate surface area is 116 Å². The molecule has 0 spiro atoms. The molecule has 106 valence electrons. The zero-order chi connectivity index (χ0) is 14.5. The molecule has 1 rings (SSSR count). The molecule has 0 heterocycles. The highest BCUT2D eigenvalue weighted by Crippen LogP contribution is 2.20. The predicted molar refractivity (Wildman–Crippen MR) is 80.3 cm³/mol. The first kappa shape index (κ1) is 15.7. The van der Waals surface area contributed by atoms with E-state index in [-0.39, 0.29) is 11.3 Å². The van der Waals surface area contributed by atoms with Gasteiger partial charge >= 0.3 is 0 Å². The van der Waals surface area contributed by atoms with E-state index in [2.05, 4.69) is 25.2 Å². The number of rotatable bonds is 6. The number of benzene rings is 1. The van der Waals surface area contributed by atoms with Crippen molar-refractivity contribution < 1.29 is 4.79 Å². The highest BCUT2D eigenvalue weighted by atomic mass is 16.1. The topological polar surface area (TPSA) is 55.1 Å². The van der Waals surface area contributed by atoms with Gasteiger partial charge in [0.25, 0.3) is 5.91 Å². The standard InChI is InChI=1S/C16H26N2O/c1-12-8-13(2)10-14(9-12)15(19)18-11-16(3,4)6-5-7-17/h8-10H,5-7,11,17H2,1-4H3,(H,18,19). The van der Waals surface area contributed by atoms with Crippen molar-refractivity contribution in [3.8, 4) is 0 Å². The van der Waals surface area contributed by atoms with Crippen LogP contribution < -0.4 is 11.1 Å². The van der Waals surface area contributed by atoms with Gasteiger partial charge < -0.3 is 11.1 Å². The molecule has 3 nitrogen and oxygen atoms in total. The van der Waals surface area contributed by atoms with Crippen molar-refractivity contribution in [2.45, 2.75) is 40.5 Å². The summed E-state index contributed by atoms with van der Waals surface area (Å²) in [5, 5.41) is 3.02. The van der Waals surface area contributed by atoms with Crippen LogP contribution in [0.1, 0.15) is 48.2 Å². The Hall–Kier alpha value is -1.35. The van der Waals surface area contributed by atoms with Crippen LogP contribution in [0.25, 0.3) is 0 Å². The number of carbonyl (C=O) groups is 1. The van der Waals surface area contributed by atoms with Crippen molar-refractivity contribution in [2.75, 3.05) is 13.1 Å². The SMILES string of the molecule is Cc1cc(C)cc(C(=O)NCC(C)(C)CCCN)c1. The monoisotopic (exact) mass is 262 g/mol. The summed E-state index contributed by atoms with van der Waals surface area (Å²) in [6, 6.07) is 5.92. The molecular formula is C16H26N2O. The van der Waals surface area contributed by atoms with E-state index in [1.165, 1.54) is 0 Å². The van der Waals surface area contributed by atoms with E-state index in [0.717, 1.165) is 29.5 Å². The van der Waals surface area contributed by atoms with Crippen molar-refractivity contribution in [2.24, 2.45) is 11.1 Å². The molecule has 1 aromatic carbocycles. The normalized spacial score (nSPS) is 11.4. The summed E-state index contributed by atoms with van der Waals surface area (Å²) in [6.45, 7) is 9.71. The van der Waals surface area contributed by atoms with Crippen LogP contribution in [0, 0.1) is 19.3 Å². The summed E-state index contributed by atoms with van der Waals surface area (Å²) in [7, 11) is 0. The third-order valence-corrected chi connectivity index (χ3v) is 3.27. The highest BCUT2D eigenvalue weighted by molar-refractivity contribution is 5.94. The zero-order valence-electron chi connectivity index (χ0n) is 12.5. The molecule has 0 radical (unpaired) electrons. The number of amides is 1. The smallest absolute Gasteiger partial charge is 0.251 e. The Balaban J connectivity index is 2.60. The van der Waals surface area contributed by atoms with Gasteiger partial charge in [0, 0.05) is 12.1 Å². The molecule has 19 heavy (non-hydrogen) atoms. The maximum atomic E-state index is 12.1. The predicted octanol–water partition coefficient (Wildman–Crippen LogP) is 2.80. The van der Waals surface area contributed by atoms with Crippen molar-refractivity contribution in [3.05, 3.63) is 34.9 Å². The van der Waals surface area contributed by atoms with Crippen LogP contribution in [0.5, 0.6) is 0 Å². The van der Waals surface area contributed by atoms with Crippen molar-refractivity contribution in [3.63, 3.8) is 0 Å². The van der Waals surface area contributed by atoms with Crippen LogP contribution in [0.3, 0.4) is 0 Å². The molecule has 0 aliphatic rings. The van der Waals surface area contributed by atoms with Crippen molar-refractivity contribution in [1.82, 2.24) is 5.32 Å². The third-order valence-electron chi connectivity index (χ3n) is 3.27. The molecule has 0 aliphatic carbocycles. The van der Waals surface area contributed by atoms with E-state index in [0.29, 0.717) is 13.1 Å². The lowest BCUT2D eigenvalue weighted by molar-refractivity contribution is 0.0934. The van der Waals surface area contributed by atoms with Crippen LogP contribution in [-0.4, -0.2) is 19.0 Å². The fourth-order valence-electron chi connectivity index (χ4n) is 2.20. The lowest BCUT2D eigenvalue weighted by Gasteiger charge is -2.24. The molecule has 0 aromatic heterocycles. The molecule has 1 amide bonds. The van der Waals surface area contributed by atoms with Gasteiger partial charge in [-0.2, -0.15) is 0 Å². The quantitative estimate of drug-likeness (QED) is 0.828. The second kappa shape index (κ2) is 6.71. The summed E-state index contributed by atoms with van der Waals surface area (Å²) in [5.41, 5.74) is 8.60. The molecule has 0 aliphatic heterocycles. The van der Waals surface area contributed by atoms with E-state index >= 15 is 0 Å². The van der Waals surface area contributed by atoms with Gasteiger partial charge in [0.2, 0.25) is 0 Å². The second-order valence-corrected chi connectivity index (χ2v) is 6.12. The molecule has 0 saturated carbocycles. The Bertz CT molecular complexity index is 418. The molecule has 3 heteroatoms. The summed E-state index contributed by atoms with van der Waals surface area (Å²) >= 11 is 0. The average molecular weight is 262 g/mol. The van der Waals surface area contributed by atoms with Gasteiger partial charge in [0.15, 0.2) is 0 Å². The number of nitrogens with one attached hydrogen (secondary N) is 1. The van der Waals surface area contributed by atoms with Gasteiger partial charge in [0.1, 0.15) is 0 Å². The summed E-state index contributed by atoms with van der Waals surface area (Å²) < 4.78 is 0. The Kier molecular flexibility index (Phi) is 5.55. The van der Waals surface area contributed by atoms with Crippen LogP contribution >= 0.6 is 0 Å².